The Morgan fingerprint density at radius 2 is 1.60 bits per heavy atom. The summed E-state index contributed by atoms with van der Waals surface area (Å²) in [6, 6.07) is 16.5. The molecule has 0 aliphatic heterocycles. The van der Waals surface area contributed by atoms with E-state index in [9.17, 15) is 0 Å². The van der Waals surface area contributed by atoms with Gasteiger partial charge in [-0.3, -0.25) is 0 Å². The zero-order valence-electron chi connectivity index (χ0n) is 15.2. The van der Waals surface area contributed by atoms with Gasteiger partial charge in [0.2, 0.25) is 0 Å². The van der Waals surface area contributed by atoms with E-state index in [4.69, 9.17) is 5.73 Å². The van der Waals surface area contributed by atoms with Crippen molar-refractivity contribution in [2.45, 2.75) is 37.1 Å². The highest BCUT2D eigenvalue weighted by Gasteiger charge is 2.14. The van der Waals surface area contributed by atoms with Gasteiger partial charge in [-0.25, -0.2) is 0 Å². The van der Waals surface area contributed by atoms with Crippen LogP contribution in [0.2, 0.25) is 0 Å². The molecule has 0 amide bonds. The first-order valence-electron chi connectivity index (χ1n) is 8.32. The van der Waals surface area contributed by atoms with E-state index < -0.39 is 0 Å². The third kappa shape index (κ3) is 4.04. The van der Waals surface area contributed by atoms with Gasteiger partial charge in [0.05, 0.1) is 0 Å². The molecule has 3 rings (SSSR count). The second-order valence-corrected chi connectivity index (χ2v) is 8.17. The molecular formula is C20H24N4S. The normalized spacial score (nSPS) is 11.7. The molecule has 4 nitrogen and oxygen atoms in total. The smallest absolute Gasteiger partial charge is 0.191 e. The molecule has 0 aliphatic carbocycles. The first-order chi connectivity index (χ1) is 11.8. The Bertz CT molecular complexity index is 843. The average molecular weight is 353 g/mol. The number of aromatic nitrogens is 3. The summed E-state index contributed by atoms with van der Waals surface area (Å²) in [5.74, 6) is 1.73. The molecule has 0 unspecified atom stereocenters. The van der Waals surface area contributed by atoms with Crippen LogP contribution in [0.1, 0.15) is 31.9 Å². The summed E-state index contributed by atoms with van der Waals surface area (Å²) < 4.78 is 2.03. The van der Waals surface area contributed by atoms with E-state index in [1.165, 1.54) is 11.1 Å². The molecule has 0 aliphatic rings. The van der Waals surface area contributed by atoms with E-state index in [-0.39, 0.29) is 5.41 Å². The molecule has 25 heavy (non-hydrogen) atoms. The third-order valence-electron chi connectivity index (χ3n) is 4.19. The third-order valence-corrected chi connectivity index (χ3v) is 5.28. The van der Waals surface area contributed by atoms with Crippen LogP contribution in [-0.2, 0) is 18.2 Å². The van der Waals surface area contributed by atoms with Crippen molar-refractivity contribution in [3.05, 3.63) is 59.7 Å². The fraction of sp³-hybridized carbons (Fsp3) is 0.300. The molecule has 0 saturated carbocycles. The molecule has 2 N–H and O–H groups in total. The monoisotopic (exact) mass is 352 g/mol. The van der Waals surface area contributed by atoms with Crippen LogP contribution in [-0.4, -0.2) is 14.8 Å². The zero-order valence-corrected chi connectivity index (χ0v) is 16.0. The number of nitrogens with two attached hydrogens (primary N) is 1. The molecule has 1 heterocycles. The number of anilines is 1. The summed E-state index contributed by atoms with van der Waals surface area (Å²) >= 11 is 1.70. The van der Waals surface area contributed by atoms with Crippen molar-refractivity contribution < 1.29 is 0 Å². The van der Waals surface area contributed by atoms with Gasteiger partial charge in [-0.1, -0.05) is 56.8 Å². The number of thioether (sulfide) groups is 1. The Balaban J connectivity index is 1.71. The SMILES string of the molecule is Cn1c(SCc2ccc(C(C)(C)C)cc2)nnc1-c1ccc(N)cc1. The Hall–Kier alpha value is -2.27. The number of nitrogens with zero attached hydrogens (tertiary/aromatic N) is 3. The first kappa shape index (κ1) is 17.5. The standard InChI is InChI=1S/C20H24N4S/c1-20(2,3)16-9-5-14(6-10-16)13-25-19-23-22-18(24(19)4)15-7-11-17(21)12-8-15/h5-12H,13,21H2,1-4H3. The van der Waals surface area contributed by atoms with Gasteiger partial charge in [0.1, 0.15) is 0 Å². The molecule has 0 fully saturated rings. The fourth-order valence-electron chi connectivity index (χ4n) is 2.57. The van der Waals surface area contributed by atoms with Crippen LogP contribution < -0.4 is 5.73 Å². The maximum Gasteiger partial charge on any atom is 0.191 e. The zero-order chi connectivity index (χ0) is 18.0. The second kappa shape index (κ2) is 6.92. The van der Waals surface area contributed by atoms with Gasteiger partial charge >= 0.3 is 0 Å². The van der Waals surface area contributed by atoms with Gasteiger partial charge in [-0.05, 0) is 40.8 Å². The predicted octanol–water partition coefficient (Wildman–Crippen LogP) is 4.65. The fourth-order valence-corrected chi connectivity index (χ4v) is 3.44. The van der Waals surface area contributed by atoms with E-state index in [1.807, 2.05) is 35.9 Å². The van der Waals surface area contributed by atoms with Gasteiger partial charge in [-0.15, -0.1) is 10.2 Å². The van der Waals surface area contributed by atoms with E-state index in [1.54, 1.807) is 11.8 Å². The van der Waals surface area contributed by atoms with Gasteiger partial charge in [0.25, 0.3) is 0 Å². The van der Waals surface area contributed by atoms with Crippen molar-refractivity contribution in [1.82, 2.24) is 14.8 Å². The van der Waals surface area contributed by atoms with E-state index in [0.717, 1.165) is 28.0 Å². The molecule has 5 heteroatoms. The molecule has 0 bridgehead atoms. The van der Waals surface area contributed by atoms with Crippen LogP contribution >= 0.6 is 11.8 Å². The van der Waals surface area contributed by atoms with E-state index >= 15 is 0 Å². The maximum absolute atomic E-state index is 5.75. The second-order valence-electron chi connectivity index (χ2n) is 7.22. The largest absolute Gasteiger partial charge is 0.399 e. The average Bonchev–Trinajstić information content (AvgIpc) is 2.94. The number of nitrogen functional groups attached to an aromatic ring is 1. The highest BCUT2D eigenvalue weighted by Crippen LogP contribution is 2.27. The van der Waals surface area contributed by atoms with Crippen molar-refractivity contribution in [2.24, 2.45) is 7.05 Å². The summed E-state index contributed by atoms with van der Waals surface area (Å²) in [5, 5.41) is 9.57. The summed E-state index contributed by atoms with van der Waals surface area (Å²) in [7, 11) is 2.00. The minimum Gasteiger partial charge on any atom is -0.399 e. The Morgan fingerprint density at radius 3 is 2.20 bits per heavy atom. The lowest BCUT2D eigenvalue weighted by molar-refractivity contribution is 0.590. The van der Waals surface area contributed by atoms with E-state index in [0.29, 0.717) is 0 Å². The van der Waals surface area contributed by atoms with Crippen molar-refractivity contribution >= 4 is 17.4 Å². The molecule has 0 spiro atoms. The molecule has 3 aromatic rings. The lowest BCUT2D eigenvalue weighted by Gasteiger charge is -2.19. The summed E-state index contributed by atoms with van der Waals surface area (Å²) in [4.78, 5) is 0. The van der Waals surface area contributed by atoms with Crippen LogP contribution in [0.3, 0.4) is 0 Å². The molecule has 1 aromatic heterocycles. The molecule has 0 radical (unpaired) electrons. The van der Waals surface area contributed by atoms with Crippen molar-refractivity contribution in [1.29, 1.82) is 0 Å². The topological polar surface area (TPSA) is 56.7 Å². The highest BCUT2D eigenvalue weighted by molar-refractivity contribution is 7.98. The van der Waals surface area contributed by atoms with Crippen molar-refractivity contribution in [2.75, 3.05) is 5.73 Å². The van der Waals surface area contributed by atoms with Gasteiger partial charge in [0.15, 0.2) is 11.0 Å². The summed E-state index contributed by atoms with van der Waals surface area (Å²) in [6.45, 7) is 6.69. The van der Waals surface area contributed by atoms with Gasteiger partial charge < -0.3 is 10.3 Å². The van der Waals surface area contributed by atoms with Crippen LogP contribution in [0.4, 0.5) is 5.69 Å². The number of benzene rings is 2. The predicted molar refractivity (Wildman–Crippen MR) is 106 cm³/mol. The maximum atomic E-state index is 5.75. The quantitative estimate of drug-likeness (QED) is 0.548. The molecule has 130 valence electrons. The lowest BCUT2D eigenvalue weighted by atomic mass is 9.87. The molecular weight excluding hydrogens is 328 g/mol. The lowest BCUT2D eigenvalue weighted by Crippen LogP contribution is -2.10. The van der Waals surface area contributed by atoms with Crippen molar-refractivity contribution in [3.8, 4) is 11.4 Å². The Morgan fingerprint density at radius 1 is 0.960 bits per heavy atom. The number of hydrogen-bond donors (Lipinski definition) is 1. The summed E-state index contributed by atoms with van der Waals surface area (Å²) in [5.41, 5.74) is 10.3. The van der Waals surface area contributed by atoms with Crippen LogP contribution in [0, 0.1) is 0 Å². The van der Waals surface area contributed by atoms with Crippen LogP contribution in [0.15, 0.2) is 53.7 Å². The molecule has 0 atom stereocenters. The number of rotatable bonds is 4. The minimum atomic E-state index is 0.184. The van der Waals surface area contributed by atoms with Crippen LogP contribution in [0.5, 0.6) is 0 Å². The summed E-state index contributed by atoms with van der Waals surface area (Å²) in [6.07, 6.45) is 0. The Kier molecular flexibility index (Phi) is 4.86. The minimum absolute atomic E-state index is 0.184. The Labute approximate surface area is 153 Å². The van der Waals surface area contributed by atoms with Gasteiger partial charge in [0, 0.05) is 24.1 Å². The first-order valence-corrected chi connectivity index (χ1v) is 9.31. The van der Waals surface area contributed by atoms with Crippen molar-refractivity contribution in [3.63, 3.8) is 0 Å². The number of hydrogen-bond acceptors (Lipinski definition) is 4. The highest BCUT2D eigenvalue weighted by atomic mass is 32.2. The van der Waals surface area contributed by atoms with E-state index in [2.05, 4.69) is 55.2 Å². The molecule has 2 aromatic carbocycles. The van der Waals surface area contributed by atoms with Crippen LogP contribution in [0.25, 0.3) is 11.4 Å². The van der Waals surface area contributed by atoms with Gasteiger partial charge in [-0.2, -0.15) is 0 Å². The molecule has 0 saturated heterocycles.